The Morgan fingerprint density at radius 1 is 1.20 bits per heavy atom. The zero-order valence-electron chi connectivity index (χ0n) is 17.4. The van der Waals surface area contributed by atoms with E-state index in [0.29, 0.717) is 11.5 Å². The molecule has 3 aromatic rings. The van der Waals surface area contributed by atoms with E-state index in [1.165, 1.54) is 31.5 Å². The molecule has 6 nitrogen and oxygen atoms in total. The molecule has 0 radical (unpaired) electrons. The van der Waals surface area contributed by atoms with Crippen LogP contribution in [0.3, 0.4) is 0 Å². The number of carbonyl (C=O) groups is 1. The molecule has 1 N–H and O–H groups in total. The van der Waals surface area contributed by atoms with Gasteiger partial charge in [0, 0.05) is 29.4 Å². The predicted octanol–water partition coefficient (Wildman–Crippen LogP) is 4.73. The first-order valence-corrected chi connectivity index (χ1v) is 9.30. The third-order valence-electron chi connectivity index (χ3n) is 4.82. The molecule has 2 heterocycles. The Kier molecular flexibility index (Phi) is 5.49. The fourth-order valence-corrected chi connectivity index (χ4v) is 3.46. The number of esters is 1. The summed E-state index contributed by atoms with van der Waals surface area (Å²) in [5.41, 5.74) is -0.346. The highest BCUT2D eigenvalue weighted by molar-refractivity contribution is 5.88. The molecule has 0 bridgehead atoms. The van der Waals surface area contributed by atoms with Gasteiger partial charge < -0.3 is 9.30 Å². The van der Waals surface area contributed by atoms with E-state index in [-0.39, 0.29) is 29.1 Å². The van der Waals surface area contributed by atoms with E-state index >= 15 is 0 Å². The smallest absolute Gasteiger partial charge is 0.417 e. The third-order valence-corrected chi connectivity index (χ3v) is 4.82. The maximum Gasteiger partial charge on any atom is 0.417 e. The monoisotopic (exact) mass is 420 g/mol. The second-order valence-electron chi connectivity index (χ2n) is 8.00. The van der Waals surface area contributed by atoms with Crippen LogP contribution in [0.15, 0.2) is 30.5 Å². The predicted molar refractivity (Wildman–Crippen MR) is 105 cm³/mol. The minimum Gasteiger partial charge on any atom is -0.464 e. The molecule has 1 aromatic carbocycles. The first-order valence-electron chi connectivity index (χ1n) is 9.30. The molecule has 0 aliphatic carbocycles. The van der Waals surface area contributed by atoms with Crippen LogP contribution in [0.25, 0.3) is 11.3 Å². The van der Waals surface area contributed by atoms with Crippen molar-refractivity contribution in [3.05, 3.63) is 58.8 Å². The molecule has 30 heavy (non-hydrogen) atoms. The SMILES string of the molecule is COC(=O)c1nc(C(C)(C)C)n(Cc2cccc(-c3ccn[nH]3)c2C(F)(F)F)c1C. The topological polar surface area (TPSA) is 72.8 Å². The van der Waals surface area contributed by atoms with Crippen LogP contribution in [0.1, 0.15) is 53.9 Å². The number of aromatic amines is 1. The number of methoxy groups -OCH3 is 1. The number of hydrogen-bond acceptors (Lipinski definition) is 4. The Morgan fingerprint density at radius 3 is 2.43 bits per heavy atom. The van der Waals surface area contributed by atoms with Crippen molar-refractivity contribution in [3.63, 3.8) is 0 Å². The van der Waals surface area contributed by atoms with Gasteiger partial charge in [0.15, 0.2) is 5.69 Å². The number of H-pyrrole nitrogens is 1. The maximum atomic E-state index is 14.1. The average Bonchev–Trinajstić information content (AvgIpc) is 3.29. The van der Waals surface area contributed by atoms with Crippen LogP contribution in [0.4, 0.5) is 13.2 Å². The molecule has 3 rings (SSSR count). The summed E-state index contributed by atoms with van der Waals surface area (Å²) in [5.74, 6) is -0.125. The lowest BCUT2D eigenvalue weighted by Crippen LogP contribution is -2.21. The van der Waals surface area contributed by atoms with Gasteiger partial charge in [0.25, 0.3) is 0 Å². The van der Waals surface area contributed by atoms with Gasteiger partial charge in [-0.05, 0) is 18.6 Å². The molecule has 160 valence electrons. The molecule has 0 fully saturated rings. The van der Waals surface area contributed by atoms with Crippen molar-refractivity contribution in [2.75, 3.05) is 7.11 Å². The summed E-state index contributed by atoms with van der Waals surface area (Å²) in [6.07, 6.45) is -3.18. The van der Waals surface area contributed by atoms with Crippen LogP contribution in [0, 0.1) is 6.92 Å². The van der Waals surface area contributed by atoms with Crippen molar-refractivity contribution < 1.29 is 22.7 Å². The van der Waals surface area contributed by atoms with Crippen molar-refractivity contribution in [3.8, 4) is 11.3 Å². The molecule has 0 atom stereocenters. The van der Waals surface area contributed by atoms with E-state index in [9.17, 15) is 18.0 Å². The molecular formula is C21H23F3N4O2. The summed E-state index contributed by atoms with van der Waals surface area (Å²) >= 11 is 0. The van der Waals surface area contributed by atoms with E-state index in [0.717, 1.165) is 0 Å². The van der Waals surface area contributed by atoms with Crippen LogP contribution in [0.5, 0.6) is 0 Å². The minimum absolute atomic E-state index is 0.0146. The fourth-order valence-electron chi connectivity index (χ4n) is 3.46. The van der Waals surface area contributed by atoms with Gasteiger partial charge in [0.05, 0.1) is 18.4 Å². The molecule has 0 amide bonds. The minimum atomic E-state index is -4.58. The average molecular weight is 420 g/mol. The van der Waals surface area contributed by atoms with E-state index in [2.05, 4.69) is 15.2 Å². The van der Waals surface area contributed by atoms with Gasteiger partial charge in [-0.25, -0.2) is 9.78 Å². The van der Waals surface area contributed by atoms with Crippen LogP contribution >= 0.6 is 0 Å². The highest BCUT2D eigenvalue weighted by atomic mass is 19.4. The zero-order chi connectivity index (χ0) is 22.3. The Bertz CT molecular complexity index is 1060. The summed E-state index contributed by atoms with van der Waals surface area (Å²) in [6.45, 7) is 7.22. The second-order valence-corrected chi connectivity index (χ2v) is 8.00. The van der Waals surface area contributed by atoms with Crippen molar-refractivity contribution in [1.82, 2.24) is 19.7 Å². The summed E-state index contributed by atoms with van der Waals surface area (Å²) in [7, 11) is 1.24. The van der Waals surface area contributed by atoms with Gasteiger partial charge in [-0.1, -0.05) is 39.0 Å². The number of rotatable bonds is 4. The van der Waals surface area contributed by atoms with Crippen molar-refractivity contribution in [2.45, 2.75) is 45.8 Å². The molecular weight excluding hydrogens is 397 g/mol. The largest absolute Gasteiger partial charge is 0.464 e. The first-order chi connectivity index (χ1) is 13.9. The number of alkyl halides is 3. The Labute approximate surface area is 172 Å². The first kappa shape index (κ1) is 21.6. The van der Waals surface area contributed by atoms with E-state index in [1.54, 1.807) is 17.6 Å². The molecule has 2 aromatic heterocycles. The standard InChI is InChI=1S/C21H23F3N4O2/c1-12-17(18(29)30-5)26-19(20(2,3)4)28(12)11-13-7-6-8-14(15-9-10-25-27-15)16(13)21(22,23)24/h6-10H,11H2,1-5H3,(H,25,27). The maximum absolute atomic E-state index is 14.1. The molecule has 0 saturated heterocycles. The van der Waals surface area contributed by atoms with Gasteiger partial charge in [-0.3, -0.25) is 5.10 Å². The van der Waals surface area contributed by atoms with Gasteiger partial charge in [0.1, 0.15) is 5.82 Å². The summed E-state index contributed by atoms with van der Waals surface area (Å²) in [4.78, 5) is 16.5. The highest BCUT2D eigenvalue weighted by Crippen LogP contribution is 2.39. The lowest BCUT2D eigenvalue weighted by Gasteiger charge is -2.23. The van der Waals surface area contributed by atoms with Crippen molar-refractivity contribution in [2.24, 2.45) is 0 Å². The lowest BCUT2D eigenvalue weighted by molar-refractivity contribution is -0.137. The van der Waals surface area contributed by atoms with Crippen LogP contribution in [0.2, 0.25) is 0 Å². The second kappa shape index (κ2) is 7.62. The van der Waals surface area contributed by atoms with Crippen molar-refractivity contribution >= 4 is 5.97 Å². The number of hydrogen-bond donors (Lipinski definition) is 1. The van der Waals surface area contributed by atoms with Gasteiger partial charge in [0.2, 0.25) is 0 Å². The van der Waals surface area contributed by atoms with Crippen LogP contribution in [-0.2, 0) is 22.9 Å². The molecule has 0 aliphatic heterocycles. The number of aromatic nitrogens is 4. The quantitative estimate of drug-likeness (QED) is 0.619. The number of imidazole rings is 1. The third kappa shape index (κ3) is 3.96. The highest BCUT2D eigenvalue weighted by Gasteiger charge is 2.37. The summed E-state index contributed by atoms with van der Waals surface area (Å²) in [5, 5.41) is 6.37. The number of benzene rings is 1. The molecule has 0 spiro atoms. The van der Waals surface area contributed by atoms with Crippen LogP contribution < -0.4 is 0 Å². The lowest BCUT2D eigenvalue weighted by atomic mass is 9.94. The van der Waals surface area contributed by atoms with Gasteiger partial charge in [-0.2, -0.15) is 18.3 Å². The van der Waals surface area contributed by atoms with Gasteiger partial charge in [-0.15, -0.1) is 0 Å². The van der Waals surface area contributed by atoms with E-state index in [4.69, 9.17) is 4.74 Å². The van der Waals surface area contributed by atoms with E-state index in [1.807, 2.05) is 20.8 Å². The molecule has 0 aliphatic rings. The normalized spacial score (nSPS) is 12.3. The summed E-state index contributed by atoms with van der Waals surface area (Å²) in [6, 6.07) is 5.91. The Hall–Kier alpha value is -3.10. The summed E-state index contributed by atoms with van der Waals surface area (Å²) < 4.78 is 48.7. The Balaban J connectivity index is 2.21. The molecule has 0 unspecified atom stereocenters. The number of nitrogens with zero attached hydrogens (tertiary/aromatic N) is 3. The number of nitrogens with one attached hydrogen (secondary N) is 1. The Morgan fingerprint density at radius 2 is 1.90 bits per heavy atom. The number of ether oxygens (including phenoxy) is 1. The van der Waals surface area contributed by atoms with Crippen LogP contribution in [-0.4, -0.2) is 32.8 Å². The molecule has 9 heteroatoms. The fraction of sp³-hybridized carbons (Fsp3) is 0.381. The number of carbonyl (C=O) groups excluding carboxylic acids is 1. The van der Waals surface area contributed by atoms with E-state index < -0.39 is 23.1 Å². The molecule has 0 saturated carbocycles. The van der Waals surface area contributed by atoms with Gasteiger partial charge >= 0.3 is 12.1 Å². The zero-order valence-corrected chi connectivity index (χ0v) is 17.4. The number of halogens is 3. The van der Waals surface area contributed by atoms with Crippen molar-refractivity contribution in [1.29, 1.82) is 0 Å².